The summed E-state index contributed by atoms with van der Waals surface area (Å²) in [5.74, 6) is -3.03. The van der Waals surface area contributed by atoms with Crippen LogP contribution in [0.5, 0.6) is 0 Å². The second kappa shape index (κ2) is 22.3. The lowest BCUT2D eigenvalue weighted by Gasteiger charge is -2.32. The zero-order valence-corrected chi connectivity index (χ0v) is 33.3. The Labute approximate surface area is 342 Å². The summed E-state index contributed by atoms with van der Waals surface area (Å²) in [4.78, 5) is 54.8. The van der Waals surface area contributed by atoms with E-state index in [-0.39, 0.29) is 24.7 Å². The fraction of sp³-hybridized carbons (Fsp3) is 0.320. The van der Waals surface area contributed by atoms with E-state index in [1.807, 2.05) is 24.3 Å². The number of likely N-dealkylation sites (tertiary alicyclic amines) is 2. The van der Waals surface area contributed by atoms with Gasteiger partial charge >= 0.3 is 23.9 Å². The molecule has 2 fully saturated rings. The third-order valence-corrected chi connectivity index (χ3v) is 10.8. The fourth-order valence-corrected chi connectivity index (χ4v) is 8.08. The number of carbonyl (C=O) groups excluding carboxylic acids is 4. The molecule has 2 unspecified atom stereocenters. The molecule has 2 aliphatic rings. The number of rotatable bonds is 16. The fourth-order valence-electron chi connectivity index (χ4n) is 8.08. The number of hydrogen-bond donors (Lipinski definition) is 0. The predicted molar refractivity (Wildman–Crippen MR) is 228 cm³/mol. The van der Waals surface area contributed by atoms with Crippen LogP contribution in [-0.2, 0) is 28.7 Å². The summed E-state index contributed by atoms with van der Waals surface area (Å²) < 4.78 is 9.98. The summed E-state index contributed by atoms with van der Waals surface area (Å²) in [7, 11) is 0. The quantitative estimate of drug-likeness (QED) is 0.0633. The molecular formula is C50H54N2O6. The first-order valence-corrected chi connectivity index (χ1v) is 20.6. The third kappa shape index (κ3) is 13.5. The van der Waals surface area contributed by atoms with Crippen LogP contribution in [0.3, 0.4) is 0 Å². The number of piperidine rings is 2. The molecular weight excluding hydrogens is 725 g/mol. The molecule has 2 saturated heterocycles. The Bertz CT molecular complexity index is 1800. The van der Waals surface area contributed by atoms with Crippen LogP contribution in [0.1, 0.15) is 73.6 Å². The Hall–Kier alpha value is -5.70. The summed E-state index contributed by atoms with van der Waals surface area (Å²) in [5.41, 5.74) is 7.10. The van der Waals surface area contributed by atoms with Gasteiger partial charge in [0.2, 0.25) is 0 Å². The van der Waals surface area contributed by atoms with Crippen molar-refractivity contribution in [2.24, 2.45) is 11.8 Å². The first kappa shape index (κ1) is 41.9. The minimum absolute atomic E-state index is 0.0699. The van der Waals surface area contributed by atoms with Crippen molar-refractivity contribution < 1.29 is 28.7 Å². The number of carbonyl (C=O) groups is 4. The number of hydrogen-bond acceptors (Lipinski definition) is 8. The van der Waals surface area contributed by atoms with E-state index in [4.69, 9.17) is 9.47 Å². The molecule has 58 heavy (non-hydrogen) atoms. The van der Waals surface area contributed by atoms with Gasteiger partial charge in [-0.1, -0.05) is 133 Å². The van der Waals surface area contributed by atoms with E-state index in [2.05, 4.69) is 119 Å². The topological polar surface area (TPSA) is 93.2 Å². The number of esters is 4. The lowest BCUT2D eigenvalue weighted by molar-refractivity contribution is -0.160. The van der Waals surface area contributed by atoms with Gasteiger partial charge in [0.15, 0.2) is 0 Å². The molecule has 4 aromatic carbocycles. The van der Waals surface area contributed by atoms with Crippen molar-refractivity contribution in [2.75, 3.05) is 39.3 Å². The molecule has 4 aromatic rings. The molecule has 0 bridgehead atoms. The normalized spacial score (nSPS) is 17.2. The molecule has 0 spiro atoms. The van der Waals surface area contributed by atoms with E-state index in [1.54, 1.807) is 0 Å². The molecule has 0 aliphatic carbocycles. The van der Waals surface area contributed by atoms with E-state index >= 15 is 0 Å². The van der Waals surface area contributed by atoms with Gasteiger partial charge in [0, 0.05) is 38.3 Å². The van der Waals surface area contributed by atoms with E-state index in [0.717, 1.165) is 89.9 Å². The molecule has 8 nitrogen and oxygen atoms in total. The van der Waals surface area contributed by atoms with Crippen molar-refractivity contribution in [3.63, 3.8) is 0 Å². The first-order chi connectivity index (χ1) is 28.4. The van der Waals surface area contributed by atoms with Crippen LogP contribution in [0.4, 0.5) is 0 Å². The maximum Gasteiger partial charge on any atom is 0.338 e. The lowest BCUT2D eigenvalue weighted by atomic mass is 9.94. The highest BCUT2D eigenvalue weighted by molar-refractivity contribution is 5.99. The van der Waals surface area contributed by atoms with Gasteiger partial charge in [0.05, 0.1) is 12.8 Å². The average Bonchev–Trinajstić information content (AvgIpc) is 3.24. The van der Waals surface area contributed by atoms with Crippen molar-refractivity contribution in [2.45, 2.75) is 51.4 Å². The first-order valence-electron chi connectivity index (χ1n) is 20.6. The maximum atomic E-state index is 12.7. The summed E-state index contributed by atoms with van der Waals surface area (Å²) >= 11 is 0. The lowest BCUT2D eigenvalue weighted by Crippen LogP contribution is -2.37. The molecule has 2 heterocycles. The highest BCUT2D eigenvalue weighted by Crippen LogP contribution is 2.27. The Morgan fingerprint density at radius 2 is 0.828 bits per heavy atom. The van der Waals surface area contributed by atoms with Gasteiger partial charge in [-0.3, -0.25) is 9.59 Å². The predicted octanol–water partition coefficient (Wildman–Crippen LogP) is 8.93. The van der Waals surface area contributed by atoms with E-state index < -0.39 is 23.9 Å². The molecule has 0 radical (unpaired) electrons. The average molecular weight is 779 g/mol. The van der Waals surface area contributed by atoms with Crippen LogP contribution < -0.4 is 0 Å². The van der Waals surface area contributed by atoms with Gasteiger partial charge in [0.1, 0.15) is 0 Å². The number of nitrogens with zero attached hydrogens (tertiary/aromatic N) is 2. The molecule has 0 saturated carbocycles. The molecule has 6 rings (SSSR count). The molecule has 300 valence electrons. The third-order valence-electron chi connectivity index (χ3n) is 10.8. The Morgan fingerprint density at radius 1 is 0.500 bits per heavy atom. The standard InChI is InChI=1S/C50H54N2O6/c53-47(57-49(55)35-39-17-13-31-51(37-39)33-15-27-45(41-19-5-1-6-20-41)42-21-7-2-8-22-42)29-30-48(54)58-50(56)36-40-18-14-32-52(38-40)34-16-28-46(43-23-9-3-10-24-43)44-25-11-4-12-26-44/h1-12,19-30,39-40H,13-18,31-38H2/b30-29-. The molecule has 8 heteroatoms. The van der Waals surface area contributed by atoms with Crippen molar-refractivity contribution >= 4 is 35.0 Å². The largest absolute Gasteiger partial charge is 0.390 e. The number of ether oxygens (including phenoxy) is 2. The zero-order valence-electron chi connectivity index (χ0n) is 33.3. The van der Waals surface area contributed by atoms with Gasteiger partial charge in [-0.15, -0.1) is 0 Å². The van der Waals surface area contributed by atoms with Crippen LogP contribution in [0.15, 0.2) is 146 Å². The van der Waals surface area contributed by atoms with Crippen LogP contribution in [0, 0.1) is 11.8 Å². The summed E-state index contributed by atoms with van der Waals surface area (Å²) in [6, 6.07) is 41.5. The second-order valence-electron chi connectivity index (χ2n) is 15.2. The minimum Gasteiger partial charge on any atom is -0.390 e. The molecule has 0 N–H and O–H groups in total. The number of benzene rings is 4. The van der Waals surface area contributed by atoms with Gasteiger partial charge < -0.3 is 19.3 Å². The molecule has 0 aromatic heterocycles. The molecule has 2 aliphatic heterocycles. The smallest absolute Gasteiger partial charge is 0.338 e. The van der Waals surface area contributed by atoms with Crippen molar-refractivity contribution in [1.82, 2.24) is 9.80 Å². The maximum absolute atomic E-state index is 12.7. The molecule has 0 amide bonds. The minimum atomic E-state index is -0.957. The summed E-state index contributed by atoms with van der Waals surface area (Å²) in [6.07, 6.45) is 11.9. The summed E-state index contributed by atoms with van der Waals surface area (Å²) in [6.45, 7) is 5.11. The Morgan fingerprint density at radius 3 is 1.16 bits per heavy atom. The van der Waals surface area contributed by atoms with Crippen LogP contribution in [0.25, 0.3) is 11.1 Å². The van der Waals surface area contributed by atoms with Gasteiger partial charge in [-0.2, -0.15) is 0 Å². The van der Waals surface area contributed by atoms with E-state index in [9.17, 15) is 19.2 Å². The van der Waals surface area contributed by atoms with Crippen LogP contribution in [-0.4, -0.2) is 72.9 Å². The highest BCUT2D eigenvalue weighted by atomic mass is 16.6. The summed E-state index contributed by atoms with van der Waals surface area (Å²) in [5, 5.41) is 0. The monoisotopic (exact) mass is 778 g/mol. The van der Waals surface area contributed by atoms with Crippen LogP contribution in [0.2, 0.25) is 0 Å². The van der Waals surface area contributed by atoms with Crippen molar-refractivity contribution in [3.05, 3.63) is 168 Å². The van der Waals surface area contributed by atoms with Gasteiger partial charge in [-0.05, 0) is 96.9 Å². The van der Waals surface area contributed by atoms with Crippen LogP contribution >= 0.6 is 0 Å². The van der Waals surface area contributed by atoms with Crippen molar-refractivity contribution in [3.8, 4) is 0 Å². The Kier molecular flexibility index (Phi) is 16.1. The highest BCUT2D eigenvalue weighted by Gasteiger charge is 2.25. The van der Waals surface area contributed by atoms with Gasteiger partial charge in [0.25, 0.3) is 0 Å². The van der Waals surface area contributed by atoms with Crippen molar-refractivity contribution in [1.29, 1.82) is 0 Å². The van der Waals surface area contributed by atoms with E-state index in [0.29, 0.717) is 0 Å². The van der Waals surface area contributed by atoms with Gasteiger partial charge in [-0.25, -0.2) is 9.59 Å². The SMILES string of the molecule is O=C(/C=C\C(=O)OC(=O)CC1CCCN(CCC=C(c2ccccc2)c2ccccc2)C1)OC(=O)CC1CCCN(CCC=C(c2ccccc2)c2ccccc2)C1. The molecule has 2 atom stereocenters. The second-order valence-corrected chi connectivity index (χ2v) is 15.2. The zero-order chi connectivity index (χ0) is 40.4. The van der Waals surface area contributed by atoms with E-state index in [1.165, 1.54) is 33.4 Å². The Balaban J connectivity index is 0.891.